The first kappa shape index (κ1) is 15.4. The molecule has 0 radical (unpaired) electrons. The molecule has 0 fully saturated rings. The van der Waals surface area contributed by atoms with Crippen molar-refractivity contribution in [3.63, 3.8) is 0 Å². The standard InChI is InChI=1S/C16H17BrN2O2/c1-9-7-11(17)8-10(2)15(9)19-16(20)12-5-4-6-13(21-3)14(12)18/h4-8H,18H2,1-3H3,(H,19,20). The summed E-state index contributed by atoms with van der Waals surface area (Å²) in [6, 6.07) is 9.06. The molecular weight excluding hydrogens is 332 g/mol. The van der Waals surface area contributed by atoms with Gasteiger partial charge in [-0.3, -0.25) is 4.79 Å². The van der Waals surface area contributed by atoms with Crippen molar-refractivity contribution >= 4 is 33.2 Å². The molecule has 0 unspecified atom stereocenters. The summed E-state index contributed by atoms with van der Waals surface area (Å²) in [7, 11) is 1.52. The van der Waals surface area contributed by atoms with E-state index in [1.54, 1.807) is 18.2 Å². The number of amides is 1. The van der Waals surface area contributed by atoms with Gasteiger partial charge in [0.25, 0.3) is 5.91 Å². The number of nitrogen functional groups attached to an aromatic ring is 1. The van der Waals surface area contributed by atoms with E-state index in [2.05, 4.69) is 21.2 Å². The second-order valence-corrected chi connectivity index (χ2v) is 5.71. The van der Waals surface area contributed by atoms with Crippen LogP contribution >= 0.6 is 15.9 Å². The van der Waals surface area contributed by atoms with E-state index >= 15 is 0 Å². The van der Waals surface area contributed by atoms with Gasteiger partial charge in [0.1, 0.15) is 5.75 Å². The highest BCUT2D eigenvalue weighted by Gasteiger charge is 2.15. The third-order valence-corrected chi connectivity index (χ3v) is 3.72. The first-order valence-corrected chi connectivity index (χ1v) is 7.24. The van der Waals surface area contributed by atoms with Gasteiger partial charge in [-0.05, 0) is 49.2 Å². The summed E-state index contributed by atoms with van der Waals surface area (Å²) in [4.78, 5) is 12.4. The number of methoxy groups -OCH3 is 1. The minimum absolute atomic E-state index is 0.250. The number of ether oxygens (including phenoxy) is 1. The summed E-state index contributed by atoms with van der Waals surface area (Å²) in [5, 5.41) is 2.92. The summed E-state index contributed by atoms with van der Waals surface area (Å²) in [6.07, 6.45) is 0. The maximum atomic E-state index is 12.4. The molecule has 21 heavy (non-hydrogen) atoms. The van der Waals surface area contributed by atoms with E-state index < -0.39 is 0 Å². The molecule has 0 bridgehead atoms. The summed E-state index contributed by atoms with van der Waals surface area (Å²) >= 11 is 3.44. The molecule has 1 amide bonds. The van der Waals surface area contributed by atoms with Gasteiger partial charge in [0, 0.05) is 10.2 Å². The van der Waals surface area contributed by atoms with Crippen molar-refractivity contribution in [2.75, 3.05) is 18.2 Å². The SMILES string of the molecule is COc1cccc(C(=O)Nc2c(C)cc(Br)cc2C)c1N. The van der Waals surface area contributed by atoms with Crippen LogP contribution in [0.3, 0.4) is 0 Å². The number of halogens is 1. The largest absolute Gasteiger partial charge is 0.495 e. The van der Waals surface area contributed by atoms with E-state index in [1.807, 2.05) is 26.0 Å². The zero-order valence-electron chi connectivity index (χ0n) is 12.2. The number of nitrogens with one attached hydrogen (secondary N) is 1. The van der Waals surface area contributed by atoms with E-state index in [4.69, 9.17) is 10.5 Å². The molecule has 5 heteroatoms. The van der Waals surface area contributed by atoms with Gasteiger partial charge in [-0.1, -0.05) is 22.0 Å². The molecule has 2 aromatic carbocycles. The van der Waals surface area contributed by atoms with Crippen molar-refractivity contribution in [1.82, 2.24) is 0 Å². The van der Waals surface area contributed by atoms with Crippen molar-refractivity contribution in [3.8, 4) is 5.75 Å². The van der Waals surface area contributed by atoms with Gasteiger partial charge < -0.3 is 15.8 Å². The van der Waals surface area contributed by atoms with Crippen LogP contribution in [0.5, 0.6) is 5.75 Å². The summed E-state index contributed by atoms with van der Waals surface area (Å²) in [5.41, 5.74) is 9.46. The van der Waals surface area contributed by atoms with Crippen LogP contribution < -0.4 is 15.8 Å². The number of aryl methyl sites for hydroxylation is 2. The number of hydrogen-bond acceptors (Lipinski definition) is 3. The Kier molecular flexibility index (Phi) is 4.53. The quantitative estimate of drug-likeness (QED) is 0.826. The minimum atomic E-state index is -0.250. The maximum absolute atomic E-state index is 12.4. The first-order valence-electron chi connectivity index (χ1n) is 6.44. The van der Waals surface area contributed by atoms with Gasteiger partial charge in [-0.15, -0.1) is 0 Å². The van der Waals surface area contributed by atoms with Crippen LogP contribution in [0.15, 0.2) is 34.8 Å². The second-order valence-electron chi connectivity index (χ2n) is 4.79. The lowest BCUT2D eigenvalue weighted by molar-refractivity contribution is 0.102. The summed E-state index contributed by atoms with van der Waals surface area (Å²) < 4.78 is 6.12. The Bertz CT molecular complexity index is 676. The topological polar surface area (TPSA) is 64.3 Å². The monoisotopic (exact) mass is 348 g/mol. The molecule has 0 aliphatic rings. The Morgan fingerprint density at radius 1 is 1.24 bits per heavy atom. The number of hydrogen-bond donors (Lipinski definition) is 2. The van der Waals surface area contributed by atoms with Crippen LogP contribution in [0.4, 0.5) is 11.4 Å². The Morgan fingerprint density at radius 2 is 1.86 bits per heavy atom. The number of carbonyl (C=O) groups is 1. The number of rotatable bonds is 3. The molecule has 2 rings (SSSR count). The lowest BCUT2D eigenvalue weighted by atomic mass is 10.1. The Hall–Kier alpha value is -2.01. The third-order valence-electron chi connectivity index (χ3n) is 3.27. The van der Waals surface area contributed by atoms with Gasteiger partial charge in [0.15, 0.2) is 0 Å². The van der Waals surface area contributed by atoms with E-state index in [-0.39, 0.29) is 5.91 Å². The highest BCUT2D eigenvalue weighted by Crippen LogP contribution is 2.28. The highest BCUT2D eigenvalue weighted by atomic mass is 79.9. The summed E-state index contributed by atoms with van der Waals surface area (Å²) in [6.45, 7) is 3.89. The van der Waals surface area contributed by atoms with Gasteiger partial charge in [0.2, 0.25) is 0 Å². The van der Waals surface area contributed by atoms with Crippen LogP contribution in [-0.2, 0) is 0 Å². The first-order chi connectivity index (χ1) is 9.93. The van der Waals surface area contributed by atoms with Gasteiger partial charge >= 0.3 is 0 Å². The van der Waals surface area contributed by atoms with Crippen molar-refractivity contribution in [2.45, 2.75) is 13.8 Å². The molecule has 0 saturated heterocycles. The average Bonchev–Trinajstić information content (AvgIpc) is 2.42. The molecule has 0 spiro atoms. The van der Waals surface area contributed by atoms with Crippen LogP contribution in [0.25, 0.3) is 0 Å². The van der Waals surface area contributed by atoms with Crippen LogP contribution in [-0.4, -0.2) is 13.0 Å². The molecule has 0 saturated carbocycles. The molecular formula is C16H17BrN2O2. The molecule has 0 heterocycles. The Morgan fingerprint density at radius 3 is 2.43 bits per heavy atom. The number of carbonyl (C=O) groups excluding carboxylic acids is 1. The van der Waals surface area contributed by atoms with E-state index in [0.29, 0.717) is 17.0 Å². The lowest BCUT2D eigenvalue weighted by Crippen LogP contribution is -2.16. The van der Waals surface area contributed by atoms with E-state index in [0.717, 1.165) is 21.3 Å². The zero-order chi connectivity index (χ0) is 15.6. The number of para-hydroxylation sites is 1. The molecule has 0 atom stereocenters. The molecule has 2 aromatic rings. The van der Waals surface area contributed by atoms with E-state index in [9.17, 15) is 4.79 Å². The van der Waals surface area contributed by atoms with Crippen LogP contribution in [0.1, 0.15) is 21.5 Å². The maximum Gasteiger partial charge on any atom is 0.257 e. The highest BCUT2D eigenvalue weighted by molar-refractivity contribution is 9.10. The fourth-order valence-electron chi connectivity index (χ4n) is 2.21. The van der Waals surface area contributed by atoms with Gasteiger partial charge in [0.05, 0.1) is 18.4 Å². The third kappa shape index (κ3) is 3.19. The van der Waals surface area contributed by atoms with Crippen LogP contribution in [0, 0.1) is 13.8 Å². The predicted octanol–water partition coefficient (Wildman–Crippen LogP) is 3.91. The number of anilines is 2. The van der Waals surface area contributed by atoms with E-state index in [1.165, 1.54) is 7.11 Å². The molecule has 110 valence electrons. The molecule has 3 N–H and O–H groups in total. The van der Waals surface area contributed by atoms with Crippen molar-refractivity contribution in [1.29, 1.82) is 0 Å². The normalized spacial score (nSPS) is 10.3. The second kappa shape index (κ2) is 6.18. The van der Waals surface area contributed by atoms with Crippen molar-refractivity contribution < 1.29 is 9.53 Å². The molecule has 4 nitrogen and oxygen atoms in total. The zero-order valence-corrected chi connectivity index (χ0v) is 13.7. The fourth-order valence-corrected chi connectivity index (χ4v) is 2.90. The molecule has 0 aliphatic carbocycles. The predicted molar refractivity (Wildman–Crippen MR) is 89.0 cm³/mol. The van der Waals surface area contributed by atoms with Gasteiger partial charge in [-0.25, -0.2) is 0 Å². The van der Waals surface area contributed by atoms with Crippen molar-refractivity contribution in [3.05, 3.63) is 51.5 Å². The van der Waals surface area contributed by atoms with Gasteiger partial charge in [-0.2, -0.15) is 0 Å². The lowest BCUT2D eigenvalue weighted by Gasteiger charge is -2.14. The Balaban J connectivity index is 2.35. The fraction of sp³-hybridized carbons (Fsp3) is 0.188. The molecule has 0 aliphatic heterocycles. The Labute approximate surface area is 132 Å². The number of benzene rings is 2. The summed E-state index contributed by atoms with van der Waals surface area (Å²) in [5.74, 6) is 0.242. The average molecular weight is 349 g/mol. The smallest absolute Gasteiger partial charge is 0.257 e. The van der Waals surface area contributed by atoms with Crippen LogP contribution in [0.2, 0.25) is 0 Å². The number of nitrogens with two attached hydrogens (primary N) is 1. The van der Waals surface area contributed by atoms with Crippen molar-refractivity contribution in [2.24, 2.45) is 0 Å². The minimum Gasteiger partial charge on any atom is -0.495 e. The molecule has 0 aromatic heterocycles.